The van der Waals surface area contributed by atoms with Gasteiger partial charge in [-0.05, 0) is 51.7 Å². The Bertz CT molecular complexity index is 461. The minimum Gasteiger partial charge on any atom is -0.357 e. The van der Waals surface area contributed by atoms with Gasteiger partial charge in [0, 0.05) is 13.1 Å². The molecule has 0 aromatic carbocycles. The van der Waals surface area contributed by atoms with Crippen LogP contribution in [0, 0.1) is 5.92 Å². The topological polar surface area (TPSA) is 71.2 Å². The molecule has 1 atom stereocenters. The van der Waals surface area contributed by atoms with Crippen LogP contribution in [0.2, 0.25) is 0 Å². The molecule has 1 saturated carbocycles. The van der Waals surface area contributed by atoms with E-state index in [1.54, 1.807) is 13.1 Å². The molecule has 0 aliphatic heterocycles. The molecular formula is C15H24N4O. The van der Waals surface area contributed by atoms with Crippen LogP contribution in [0.1, 0.15) is 33.6 Å². The van der Waals surface area contributed by atoms with E-state index >= 15 is 0 Å². The van der Waals surface area contributed by atoms with Crippen molar-refractivity contribution >= 4 is 17.4 Å². The van der Waals surface area contributed by atoms with Gasteiger partial charge in [0.15, 0.2) is 0 Å². The first-order valence-electron chi connectivity index (χ1n) is 7.30. The molecule has 0 radical (unpaired) electrons. The van der Waals surface area contributed by atoms with Gasteiger partial charge in [0.05, 0.1) is 17.4 Å². The van der Waals surface area contributed by atoms with Crippen molar-refractivity contribution in [1.82, 2.24) is 4.98 Å². The van der Waals surface area contributed by atoms with E-state index in [4.69, 9.17) is 5.73 Å². The summed E-state index contributed by atoms with van der Waals surface area (Å²) in [4.78, 5) is 18.7. The maximum absolute atomic E-state index is 12.2. The highest BCUT2D eigenvalue weighted by atomic mass is 16.2. The summed E-state index contributed by atoms with van der Waals surface area (Å²) in [5.74, 6) is 1.11. The Labute approximate surface area is 120 Å². The Balaban J connectivity index is 2.01. The number of nitrogens with one attached hydrogen (secondary N) is 1. The fourth-order valence-corrected chi connectivity index (χ4v) is 2.33. The summed E-state index contributed by atoms with van der Waals surface area (Å²) < 4.78 is 0. The molecule has 5 nitrogen and oxygen atoms in total. The van der Waals surface area contributed by atoms with E-state index in [0.717, 1.165) is 31.7 Å². The largest absolute Gasteiger partial charge is 0.357 e. The van der Waals surface area contributed by atoms with Crippen LogP contribution < -0.4 is 16.0 Å². The van der Waals surface area contributed by atoms with Crippen molar-refractivity contribution in [2.24, 2.45) is 11.7 Å². The first kappa shape index (κ1) is 14.8. The van der Waals surface area contributed by atoms with E-state index in [0.29, 0.717) is 11.6 Å². The minimum absolute atomic E-state index is 0.127. The van der Waals surface area contributed by atoms with Crippen molar-refractivity contribution in [2.75, 3.05) is 23.3 Å². The van der Waals surface area contributed by atoms with Crippen molar-refractivity contribution in [2.45, 2.75) is 39.2 Å². The molecule has 1 aliphatic carbocycles. The fourth-order valence-electron chi connectivity index (χ4n) is 2.33. The predicted molar refractivity (Wildman–Crippen MR) is 81.7 cm³/mol. The Morgan fingerprint density at radius 2 is 2.10 bits per heavy atom. The molecule has 1 amide bonds. The monoisotopic (exact) mass is 276 g/mol. The lowest BCUT2D eigenvalue weighted by molar-refractivity contribution is -0.121. The first-order valence-corrected chi connectivity index (χ1v) is 7.30. The number of nitrogens with zero attached hydrogens (tertiary/aromatic N) is 2. The van der Waals surface area contributed by atoms with Gasteiger partial charge < -0.3 is 16.0 Å². The maximum Gasteiger partial charge on any atom is 0.244 e. The summed E-state index contributed by atoms with van der Waals surface area (Å²) in [6, 6.07) is 3.80. The van der Waals surface area contributed by atoms with Crippen LogP contribution in [0.25, 0.3) is 0 Å². The summed E-state index contributed by atoms with van der Waals surface area (Å²) in [5.41, 5.74) is 6.01. The molecule has 0 spiro atoms. The van der Waals surface area contributed by atoms with Crippen LogP contribution in [0.4, 0.5) is 11.5 Å². The number of pyridine rings is 1. The molecule has 2 rings (SSSR count). The van der Waals surface area contributed by atoms with E-state index < -0.39 is 5.54 Å². The molecule has 110 valence electrons. The average Bonchev–Trinajstić information content (AvgIpc) is 3.26. The quantitative estimate of drug-likeness (QED) is 0.833. The minimum atomic E-state index is -0.780. The maximum atomic E-state index is 12.2. The van der Waals surface area contributed by atoms with E-state index in [2.05, 4.69) is 29.0 Å². The molecule has 1 aliphatic rings. The summed E-state index contributed by atoms with van der Waals surface area (Å²) in [7, 11) is 0. The normalized spacial score (nSPS) is 17.4. The molecule has 1 heterocycles. The third-order valence-electron chi connectivity index (χ3n) is 4.01. The van der Waals surface area contributed by atoms with Gasteiger partial charge in [-0.1, -0.05) is 0 Å². The van der Waals surface area contributed by atoms with Crippen molar-refractivity contribution < 1.29 is 4.79 Å². The van der Waals surface area contributed by atoms with Gasteiger partial charge in [0.25, 0.3) is 0 Å². The number of carbonyl (C=O) groups excluding carboxylic acids is 1. The van der Waals surface area contributed by atoms with Gasteiger partial charge in [-0.3, -0.25) is 4.79 Å². The van der Waals surface area contributed by atoms with E-state index in [1.807, 2.05) is 12.1 Å². The number of hydrogen-bond donors (Lipinski definition) is 2. The van der Waals surface area contributed by atoms with Gasteiger partial charge >= 0.3 is 0 Å². The third-order valence-corrected chi connectivity index (χ3v) is 4.01. The highest BCUT2D eigenvalue weighted by molar-refractivity contribution is 5.98. The number of amides is 1. The SMILES string of the molecule is CCN(CC)c1ccc(NC(=O)C(C)(N)C2CC2)cn1. The summed E-state index contributed by atoms with van der Waals surface area (Å²) in [6.45, 7) is 7.82. The Morgan fingerprint density at radius 3 is 2.55 bits per heavy atom. The van der Waals surface area contributed by atoms with Crippen LogP contribution in [0.3, 0.4) is 0 Å². The number of carbonyl (C=O) groups is 1. The Hall–Kier alpha value is -1.62. The van der Waals surface area contributed by atoms with Crippen molar-refractivity contribution in [1.29, 1.82) is 0 Å². The summed E-state index contributed by atoms with van der Waals surface area (Å²) in [6.07, 6.45) is 3.77. The molecular weight excluding hydrogens is 252 g/mol. The van der Waals surface area contributed by atoms with Crippen molar-refractivity contribution in [3.63, 3.8) is 0 Å². The Kier molecular flexibility index (Phi) is 4.28. The summed E-state index contributed by atoms with van der Waals surface area (Å²) >= 11 is 0. The summed E-state index contributed by atoms with van der Waals surface area (Å²) in [5, 5.41) is 2.86. The van der Waals surface area contributed by atoms with Gasteiger partial charge in [-0.15, -0.1) is 0 Å². The zero-order valence-electron chi connectivity index (χ0n) is 12.5. The van der Waals surface area contributed by atoms with Gasteiger partial charge in [0.2, 0.25) is 5.91 Å². The fraction of sp³-hybridized carbons (Fsp3) is 0.600. The van der Waals surface area contributed by atoms with Crippen LogP contribution in [-0.4, -0.2) is 29.5 Å². The molecule has 1 unspecified atom stereocenters. The smallest absolute Gasteiger partial charge is 0.244 e. The molecule has 0 bridgehead atoms. The first-order chi connectivity index (χ1) is 9.48. The zero-order chi connectivity index (χ0) is 14.8. The number of aromatic nitrogens is 1. The number of anilines is 2. The van der Waals surface area contributed by atoms with E-state index in [-0.39, 0.29) is 5.91 Å². The van der Waals surface area contributed by atoms with Crippen molar-refractivity contribution in [3.05, 3.63) is 18.3 Å². The molecule has 1 aromatic rings. The molecule has 1 aromatic heterocycles. The standard InChI is InChI=1S/C15H24N4O/c1-4-19(5-2)13-9-8-12(10-17-13)18-14(20)15(3,16)11-6-7-11/h8-11H,4-7,16H2,1-3H3,(H,18,20). The second-order valence-electron chi connectivity index (χ2n) is 5.59. The second kappa shape index (κ2) is 5.79. The Morgan fingerprint density at radius 1 is 1.45 bits per heavy atom. The third kappa shape index (κ3) is 3.10. The highest BCUT2D eigenvalue weighted by Crippen LogP contribution is 2.38. The average molecular weight is 276 g/mol. The number of hydrogen-bond acceptors (Lipinski definition) is 4. The van der Waals surface area contributed by atoms with E-state index in [9.17, 15) is 4.79 Å². The number of nitrogens with two attached hydrogens (primary N) is 1. The second-order valence-corrected chi connectivity index (χ2v) is 5.59. The molecule has 20 heavy (non-hydrogen) atoms. The highest BCUT2D eigenvalue weighted by Gasteiger charge is 2.44. The number of rotatable bonds is 6. The van der Waals surface area contributed by atoms with Crippen LogP contribution >= 0.6 is 0 Å². The molecule has 3 N–H and O–H groups in total. The lowest BCUT2D eigenvalue weighted by atomic mass is 9.96. The zero-order valence-corrected chi connectivity index (χ0v) is 12.5. The lowest BCUT2D eigenvalue weighted by Crippen LogP contribution is -2.50. The van der Waals surface area contributed by atoms with Crippen LogP contribution in [0.15, 0.2) is 18.3 Å². The van der Waals surface area contributed by atoms with Gasteiger partial charge in [-0.25, -0.2) is 4.98 Å². The van der Waals surface area contributed by atoms with Gasteiger partial charge in [-0.2, -0.15) is 0 Å². The molecule has 1 fully saturated rings. The van der Waals surface area contributed by atoms with Crippen LogP contribution in [-0.2, 0) is 4.79 Å². The van der Waals surface area contributed by atoms with Crippen LogP contribution in [0.5, 0.6) is 0 Å². The van der Waals surface area contributed by atoms with Crippen molar-refractivity contribution in [3.8, 4) is 0 Å². The predicted octanol–water partition coefficient (Wildman–Crippen LogP) is 1.99. The van der Waals surface area contributed by atoms with E-state index in [1.165, 1.54) is 0 Å². The molecule has 0 saturated heterocycles. The lowest BCUT2D eigenvalue weighted by Gasteiger charge is -2.23. The molecule has 5 heteroatoms. The van der Waals surface area contributed by atoms with Gasteiger partial charge in [0.1, 0.15) is 5.82 Å².